The number of halogens is 2. The van der Waals surface area contributed by atoms with Crippen LogP contribution in [-0.2, 0) is 0 Å². The second-order valence-corrected chi connectivity index (χ2v) is 5.37. The molecule has 1 aliphatic rings. The molecule has 0 aliphatic heterocycles. The summed E-state index contributed by atoms with van der Waals surface area (Å²) < 4.78 is 6.63. The van der Waals surface area contributed by atoms with Gasteiger partial charge >= 0.3 is 0 Å². The summed E-state index contributed by atoms with van der Waals surface area (Å²) in [5, 5.41) is 10.5. The van der Waals surface area contributed by atoms with E-state index < -0.39 is 0 Å². The molecular formula is C12H14BrClO2. The van der Waals surface area contributed by atoms with Crippen molar-refractivity contribution < 1.29 is 9.84 Å². The highest BCUT2D eigenvalue weighted by Crippen LogP contribution is 2.31. The summed E-state index contributed by atoms with van der Waals surface area (Å²) in [6.07, 6.45) is 3.50. The standard InChI is InChI=1S/C12H14BrClO2/c13-9-7-8(14)5-6-11(9)16-12-4-2-1-3-10(12)15/h5-7,10,12,15H,1-4H2. The Morgan fingerprint density at radius 2 is 2.06 bits per heavy atom. The summed E-state index contributed by atoms with van der Waals surface area (Å²) in [4.78, 5) is 0. The normalized spacial score (nSPS) is 25.4. The van der Waals surface area contributed by atoms with Crippen LogP contribution in [0.15, 0.2) is 22.7 Å². The summed E-state index contributed by atoms with van der Waals surface area (Å²) in [5.41, 5.74) is 0. The number of hydrogen-bond donors (Lipinski definition) is 1. The van der Waals surface area contributed by atoms with Crippen LogP contribution in [0.2, 0.25) is 5.02 Å². The van der Waals surface area contributed by atoms with Crippen LogP contribution < -0.4 is 4.74 Å². The first-order valence-electron chi connectivity index (χ1n) is 5.46. The minimum absolute atomic E-state index is 0.0915. The monoisotopic (exact) mass is 304 g/mol. The first kappa shape index (κ1) is 12.2. The van der Waals surface area contributed by atoms with Crippen molar-refractivity contribution in [2.75, 3.05) is 0 Å². The molecule has 1 saturated carbocycles. The van der Waals surface area contributed by atoms with Gasteiger partial charge in [0.25, 0.3) is 0 Å². The van der Waals surface area contributed by atoms with Crippen LogP contribution in [0.5, 0.6) is 5.75 Å². The first-order chi connectivity index (χ1) is 7.66. The lowest BCUT2D eigenvalue weighted by atomic mass is 9.95. The van der Waals surface area contributed by atoms with Gasteiger partial charge in [-0.15, -0.1) is 0 Å². The highest BCUT2D eigenvalue weighted by molar-refractivity contribution is 9.10. The van der Waals surface area contributed by atoms with E-state index in [4.69, 9.17) is 16.3 Å². The van der Waals surface area contributed by atoms with Gasteiger partial charge in [-0.25, -0.2) is 0 Å². The lowest BCUT2D eigenvalue weighted by molar-refractivity contribution is 0.00649. The smallest absolute Gasteiger partial charge is 0.134 e. The quantitative estimate of drug-likeness (QED) is 0.901. The van der Waals surface area contributed by atoms with Gasteiger partial charge < -0.3 is 9.84 Å². The molecule has 0 amide bonds. The molecule has 2 rings (SSSR count). The zero-order chi connectivity index (χ0) is 11.5. The minimum Gasteiger partial charge on any atom is -0.487 e. The van der Waals surface area contributed by atoms with E-state index in [0.29, 0.717) is 5.02 Å². The van der Waals surface area contributed by atoms with Gasteiger partial charge in [0.05, 0.1) is 10.6 Å². The number of hydrogen-bond acceptors (Lipinski definition) is 2. The highest BCUT2D eigenvalue weighted by atomic mass is 79.9. The lowest BCUT2D eigenvalue weighted by Gasteiger charge is -2.28. The molecule has 2 nitrogen and oxygen atoms in total. The van der Waals surface area contributed by atoms with Crippen LogP contribution in [0.1, 0.15) is 25.7 Å². The number of aliphatic hydroxyl groups is 1. The summed E-state index contributed by atoms with van der Waals surface area (Å²) in [5.74, 6) is 0.746. The summed E-state index contributed by atoms with van der Waals surface area (Å²) in [6, 6.07) is 5.41. The fourth-order valence-corrected chi connectivity index (χ4v) is 2.72. The topological polar surface area (TPSA) is 29.5 Å². The average molecular weight is 306 g/mol. The van der Waals surface area contributed by atoms with Gasteiger partial charge in [0, 0.05) is 5.02 Å². The van der Waals surface area contributed by atoms with E-state index in [2.05, 4.69) is 15.9 Å². The molecule has 0 spiro atoms. The van der Waals surface area contributed by atoms with Gasteiger partial charge in [-0.2, -0.15) is 0 Å². The Bertz CT molecular complexity index is 370. The van der Waals surface area contributed by atoms with E-state index in [0.717, 1.165) is 35.9 Å². The molecule has 88 valence electrons. The lowest BCUT2D eigenvalue weighted by Crippen LogP contribution is -2.34. The summed E-state index contributed by atoms with van der Waals surface area (Å²) in [7, 11) is 0. The van der Waals surface area contributed by atoms with E-state index in [-0.39, 0.29) is 12.2 Å². The van der Waals surface area contributed by atoms with Crippen molar-refractivity contribution in [2.24, 2.45) is 0 Å². The Morgan fingerprint density at radius 1 is 1.31 bits per heavy atom. The van der Waals surface area contributed by atoms with Gasteiger partial charge in [0.15, 0.2) is 0 Å². The van der Waals surface area contributed by atoms with E-state index in [1.54, 1.807) is 12.1 Å². The molecule has 0 radical (unpaired) electrons. The van der Waals surface area contributed by atoms with Gasteiger partial charge in [0.1, 0.15) is 11.9 Å². The van der Waals surface area contributed by atoms with E-state index >= 15 is 0 Å². The molecule has 1 N–H and O–H groups in total. The van der Waals surface area contributed by atoms with Crippen molar-refractivity contribution in [1.29, 1.82) is 0 Å². The van der Waals surface area contributed by atoms with Crippen LogP contribution in [0.25, 0.3) is 0 Å². The van der Waals surface area contributed by atoms with E-state index in [1.807, 2.05) is 6.07 Å². The Labute approximate surface area is 109 Å². The number of aliphatic hydroxyl groups excluding tert-OH is 1. The molecule has 0 bridgehead atoms. The molecule has 1 aromatic carbocycles. The molecule has 0 saturated heterocycles. The van der Waals surface area contributed by atoms with E-state index in [9.17, 15) is 5.11 Å². The third kappa shape index (κ3) is 2.90. The van der Waals surface area contributed by atoms with Gasteiger partial charge in [0.2, 0.25) is 0 Å². The predicted octanol–water partition coefficient (Wildman–Crippen LogP) is 3.78. The highest BCUT2D eigenvalue weighted by Gasteiger charge is 2.25. The fraction of sp³-hybridized carbons (Fsp3) is 0.500. The second kappa shape index (κ2) is 5.39. The number of benzene rings is 1. The van der Waals surface area contributed by atoms with Crippen molar-refractivity contribution >= 4 is 27.5 Å². The average Bonchev–Trinajstić information content (AvgIpc) is 2.25. The minimum atomic E-state index is -0.351. The number of rotatable bonds is 2. The third-order valence-corrected chi connectivity index (χ3v) is 3.69. The largest absolute Gasteiger partial charge is 0.487 e. The SMILES string of the molecule is OC1CCCCC1Oc1ccc(Cl)cc1Br. The Morgan fingerprint density at radius 3 is 2.75 bits per heavy atom. The zero-order valence-electron chi connectivity index (χ0n) is 8.83. The maximum Gasteiger partial charge on any atom is 0.134 e. The molecule has 1 aromatic rings. The Balaban J connectivity index is 2.07. The van der Waals surface area contributed by atoms with E-state index in [1.165, 1.54) is 0 Å². The molecule has 2 unspecified atom stereocenters. The Hall–Kier alpha value is -0.250. The van der Waals surface area contributed by atoms with Crippen LogP contribution in [-0.4, -0.2) is 17.3 Å². The molecular weight excluding hydrogens is 291 g/mol. The number of ether oxygens (including phenoxy) is 1. The predicted molar refractivity (Wildman–Crippen MR) is 68.0 cm³/mol. The van der Waals surface area contributed by atoms with Crippen LogP contribution in [0.3, 0.4) is 0 Å². The molecule has 0 aromatic heterocycles. The molecule has 4 heteroatoms. The zero-order valence-corrected chi connectivity index (χ0v) is 11.2. The van der Waals surface area contributed by atoms with Crippen molar-refractivity contribution in [1.82, 2.24) is 0 Å². The van der Waals surface area contributed by atoms with Gasteiger partial charge in [-0.3, -0.25) is 0 Å². The Kier molecular flexibility index (Phi) is 4.11. The molecule has 0 heterocycles. The molecule has 2 atom stereocenters. The molecule has 16 heavy (non-hydrogen) atoms. The van der Waals surface area contributed by atoms with Gasteiger partial charge in [-0.05, 0) is 53.4 Å². The first-order valence-corrected chi connectivity index (χ1v) is 6.63. The van der Waals surface area contributed by atoms with Crippen molar-refractivity contribution in [3.8, 4) is 5.75 Å². The maximum atomic E-state index is 9.81. The summed E-state index contributed by atoms with van der Waals surface area (Å²) >= 11 is 9.26. The van der Waals surface area contributed by atoms with Crippen LogP contribution >= 0.6 is 27.5 Å². The second-order valence-electron chi connectivity index (χ2n) is 4.08. The summed E-state index contributed by atoms with van der Waals surface area (Å²) in [6.45, 7) is 0. The van der Waals surface area contributed by atoms with Crippen molar-refractivity contribution in [3.63, 3.8) is 0 Å². The molecule has 1 fully saturated rings. The van der Waals surface area contributed by atoms with Crippen molar-refractivity contribution in [3.05, 3.63) is 27.7 Å². The fourth-order valence-electron chi connectivity index (χ4n) is 1.95. The van der Waals surface area contributed by atoms with Crippen LogP contribution in [0.4, 0.5) is 0 Å². The maximum absolute atomic E-state index is 9.81. The molecule has 1 aliphatic carbocycles. The van der Waals surface area contributed by atoms with Gasteiger partial charge in [-0.1, -0.05) is 18.0 Å². The van der Waals surface area contributed by atoms with Crippen molar-refractivity contribution in [2.45, 2.75) is 37.9 Å². The van der Waals surface area contributed by atoms with Crippen LogP contribution in [0, 0.1) is 0 Å². The third-order valence-electron chi connectivity index (χ3n) is 2.84.